The molecule has 0 unspecified atom stereocenters. The van der Waals surface area contributed by atoms with Crippen LogP contribution in [0.3, 0.4) is 0 Å². The van der Waals surface area contributed by atoms with Crippen molar-refractivity contribution >= 4 is 5.69 Å². The molecule has 3 aromatic carbocycles. The average molecular weight is 578 g/mol. The molecule has 0 atom stereocenters. The first-order chi connectivity index (χ1) is 20.6. The van der Waals surface area contributed by atoms with Gasteiger partial charge in [-0.05, 0) is 103 Å². The number of benzene rings is 3. The van der Waals surface area contributed by atoms with E-state index in [9.17, 15) is 0 Å². The van der Waals surface area contributed by atoms with Gasteiger partial charge in [0.25, 0.3) is 0 Å². The molecule has 3 aromatic rings. The summed E-state index contributed by atoms with van der Waals surface area (Å²) < 4.78 is 0. The summed E-state index contributed by atoms with van der Waals surface area (Å²) in [7, 11) is 0. The highest BCUT2D eigenvalue weighted by atomic mass is 14.9. The summed E-state index contributed by atoms with van der Waals surface area (Å²) in [4.78, 5) is 0. The fraction of sp³-hybridized carbons (Fsp3) is 0.476. The molecule has 1 N–H and O–H groups in total. The number of nitrogens with one attached hydrogen (secondary N) is 1. The molecule has 0 heterocycles. The third kappa shape index (κ3) is 12.9. The van der Waals surface area contributed by atoms with Crippen LogP contribution in [0.25, 0.3) is 11.1 Å². The maximum absolute atomic E-state index is 3.92. The molecule has 1 heteroatoms. The van der Waals surface area contributed by atoms with E-state index >= 15 is 0 Å². The van der Waals surface area contributed by atoms with E-state index in [4.69, 9.17) is 0 Å². The number of hydrogen-bond acceptors (Lipinski definition) is 1. The van der Waals surface area contributed by atoms with E-state index < -0.39 is 0 Å². The van der Waals surface area contributed by atoms with Gasteiger partial charge in [-0.25, -0.2) is 0 Å². The Kier molecular flexibility index (Phi) is 16.0. The van der Waals surface area contributed by atoms with E-state index in [-0.39, 0.29) is 0 Å². The molecule has 0 spiro atoms. The van der Waals surface area contributed by atoms with Gasteiger partial charge in [0.15, 0.2) is 0 Å². The lowest BCUT2D eigenvalue weighted by Gasteiger charge is -2.30. The Labute approximate surface area is 265 Å². The van der Waals surface area contributed by atoms with Gasteiger partial charge in [-0.1, -0.05) is 135 Å². The van der Waals surface area contributed by atoms with Crippen LogP contribution >= 0.6 is 0 Å². The topological polar surface area (TPSA) is 12.0 Å². The Morgan fingerprint density at radius 3 is 1.93 bits per heavy atom. The SMILES string of the molecule is C=C(CC)Nc1cc(C)cc(C)c1.CC#Cc1cccc(-c2ccc(C(C)(CCC)CCC)cc2)c1.CC1CCCCC1. The van der Waals surface area contributed by atoms with Gasteiger partial charge in [-0.2, -0.15) is 0 Å². The predicted molar refractivity (Wildman–Crippen MR) is 193 cm³/mol. The van der Waals surface area contributed by atoms with Gasteiger partial charge < -0.3 is 5.32 Å². The average Bonchev–Trinajstić information content (AvgIpc) is 2.98. The first kappa shape index (κ1) is 36.0. The Morgan fingerprint density at radius 2 is 1.44 bits per heavy atom. The fourth-order valence-electron chi connectivity index (χ4n) is 6.15. The number of rotatable bonds is 9. The number of allylic oxidation sites excluding steroid dienone is 1. The summed E-state index contributed by atoms with van der Waals surface area (Å²) in [6.45, 7) is 21.4. The summed E-state index contributed by atoms with van der Waals surface area (Å²) in [5.74, 6) is 7.14. The first-order valence-electron chi connectivity index (χ1n) is 16.8. The minimum Gasteiger partial charge on any atom is -0.359 e. The summed E-state index contributed by atoms with van der Waals surface area (Å²) >= 11 is 0. The highest BCUT2D eigenvalue weighted by molar-refractivity contribution is 5.66. The molecule has 0 saturated heterocycles. The van der Waals surface area contributed by atoms with Crippen LogP contribution in [-0.4, -0.2) is 0 Å². The van der Waals surface area contributed by atoms with Crippen molar-refractivity contribution in [3.05, 3.63) is 101 Å². The lowest BCUT2D eigenvalue weighted by atomic mass is 9.75. The minimum absolute atomic E-state index is 0.303. The standard InChI is InChI=1S/C23H28.C12H17N.C7H14/c1-5-9-19-10-8-11-21(18-19)20-12-14-22(15-13-20)23(4,16-6-2)17-7-3;1-5-11(4)13-12-7-9(2)6-10(3)8-12;1-7-5-3-2-4-6-7/h8,10-15,18H,6-7,16-17H2,1-4H3;6-8,13H,4-5H2,1-3H3;7H,2-6H2,1H3. The summed E-state index contributed by atoms with van der Waals surface area (Å²) in [5, 5.41) is 3.28. The molecule has 0 bridgehead atoms. The molecule has 1 nitrogen and oxygen atoms in total. The van der Waals surface area contributed by atoms with Crippen molar-refractivity contribution < 1.29 is 0 Å². The van der Waals surface area contributed by atoms with Crippen molar-refractivity contribution in [3.8, 4) is 23.0 Å². The van der Waals surface area contributed by atoms with Gasteiger partial charge in [0.2, 0.25) is 0 Å². The molecule has 4 rings (SSSR count). The maximum atomic E-state index is 3.92. The molecule has 0 amide bonds. The molecule has 43 heavy (non-hydrogen) atoms. The monoisotopic (exact) mass is 577 g/mol. The highest BCUT2D eigenvalue weighted by Gasteiger charge is 2.24. The first-order valence-corrected chi connectivity index (χ1v) is 16.8. The van der Waals surface area contributed by atoms with Crippen LogP contribution in [0.15, 0.2) is 79.0 Å². The van der Waals surface area contributed by atoms with Crippen molar-refractivity contribution in [2.75, 3.05) is 5.32 Å². The smallest absolute Gasteiger partial charge is 0.0386 e. The second-order valence-electron chi connectivity index (χ2n) is 12.8. The Morgan fingerprint density at radius 1 is 0.837 bits per heavy atom. The minimum atomic E-state index is 0.303. The van der Waals surface area contributed by atoms with Crippen molar-refractivity contribution in [1.82, 2.24) is 0 Å². The molecule has 232 valence electrons. The summed E-state index contributed by atoms with van der Waals surface area (Å²) in [6.07, 6.45) is 13.4. The molecule has 1 saturated carbocycles. The third-order valence-corrected chi connectivity index (χ3v) is 8.51. The largest absolute Gasteiger partial charge is 0.359 e. The molecule has 0 radical (unpaired) electrons. The van der Waals surface area contributed by atoms with Crippen LogP contribution in [0.5, 0.6) is 0 Å². The summed E-state index contributed by atoms with van der Waals surface area (Å²) in [5.41, 5.74) is 10.1. The number of hydrogen-bond donors (Lipinski definition) is 1. The molecule has 0 aromatic heterocycles. The maximum Gasteiger partial charge on any atom is 0.0386 e. The zero-order valence-electron chi connectivity index (χ0n) is 28.7. The quantitative estimate of drug-likeness (QED) is 0.249. The Bertz CT molecular complexity index is 1270. The van der Waals surface area contributed by atoms with E-state index in [0.717, 1.165) is 29.3 Å². The van der Waals surface area contributed by atoms with Crippen molar-refractivity contribution in [3.63, 3.8) is 0 Å². The van der Waals surface area contributed by atoms with Crippen molar-refractivity contribution in [2.24, 2.45) is 5.92 Å². The van der Waals surface area contributed by atoms with Crippen LogP contribution in [-0.2, 0) is 5.41 Å². The van der Waals surface area contributed by atoms with Crippen molar-refractivity contribution in [1.29, 1.82) is 0 Å². The third-order valence-electron chi connectivity index (χ3n) is 8.51. The Balaban J connectivity index is 0.000000268. The van der Waals surface area contributed by atoms with Gasteiger partial charge in [0.05, 0.1) is 0 Å². The normalized spacial score (nSPS) is 12.9. The summed E-state index contributed by atoms with van der Waals surface area (Å²) in [6, 6.07) is 24.1. The molecule has 0 aliphatic heterocycles. The van der Waals surface area contributed by atoms with Crippen LogP contribution in [0.1, 0.15) is 128 Å². The van der Waals surface area contributed by atoms with Crippen LogP contribution in [0, 0.1) is 31.6 Å². The van der Waals surface area contributed by atoms with Crippen LogP contribution in [0.2, 0.25) is 0 Å². The lowest BCUT2D eigenvalue weighted by molar-refractivity contribution is 0.385. The van der Waals surface area contributed by atoms with Gasteiger partial charge >= 0.3 is 0 Å². The number of anilines is 1. The van der Waals surface area contributed by atoms with Crippen LogP contribution in [0.4, 0.5) is 5.69 Å². The second-order valence-corrected chi connectivity index (χ2v) is 12.8. The molecular weight excluding hydrogens is 518 g/mol. The van der Waals surface area contributed by atoms with Crippen molar-refractivity contribution in [2.45, 2.75) is 125 Å². The van der Waals surface area contributed by atoms with Gasteiger partial charge in [0.1, 0.15) is 0 Å². The van der Waals surface area contributed by atoms with E-state index in [1.165, 1.54) is 85.6 Å². The molecule has 1 fully saturated rings. The molecular formula is C42H59N. The van der Waals surface area contributed by atoms with E-state index in [0.29, 0.717) is 5.41 Å². The number of aryl methyl sites for hydroxylation is 2. The van der Waals surface area contributed by atoms with Gasteiger partial charge in [-0.3, -0.25) is 0 Å². The van der Waals surface area contributed by atoms with E-state index in [1.807, 2.05) is 6.92 Å². The zero-order chi connectivity index (χ0) is 31.7. The van der Waals surface area contributed by atoms with E-state index in [2.05, 4.69) is 139 Å². The van der Waals surface area contributed by atoms with Gasteiger partial charge in [-0.15, -0.1) is 5.92 Å². The van der Waals surface area contributed by atoms with Gasteiger partial charge in [0, 0.05) is 16.9 Å². The molecule has 1 aliphatic carbocycles. The van der Waals surface area contributed by atoms with Crippen LogP contribution < -0.4 is 5.32 Å². The highest BCUT2D eigenvalue weighted by Crippen LogP contribution is 2.35. The lowest BCUT2D eigenvalue weighted by Crippen LogP contribution is -2.21. The van der Waals surface area contributed by atoms with E-state index in [1.54, 1.807) is 0 Å². The Hall–Kier alpha value is -3.24. The fourth-order valence-corrected chi connectivity index (χ4v) is 6.15. The predicted octanol–water partition coefficient (Wildman–Crippen LogP) is 12.8. The molecule has 1 aliphatic rings. The second kappa shape index (κ2) is 19.1. The zero-order valence-corrected chi connectivity index (χ0v) is 28.7.